The third-order valence-corrected chi connectivity index (χ3v) is 2.83. The summed E-state index contributed by atoms with van der Waals surface area (Å²) in [5.74, 6) is 1.51. The van der Waals surface area contributed by atoms with Gasteiger partial charge < -0.3 is 4.90 Å². The van der Waals surface area contributed by atoms with E-state index >= 15 is 0 Å². The Morgan fingerprint density at radius 1 is 1.43 bits per heavy atom. The second-order valence-electron chi connectivity index (χ2n) is 4.26. The van der Waals surface area contributed by atoms with Crippen LogP contribution in [0.4, 0.5) is 5.13 Å². The number of hydrogen-bond donors (Lipinski definition) is 0. The van der Waals surface area contributed by atoms with Crippen molar-refractivity contribution in [3.8, 4) is 0 Å². The molecule has 80 valence electrons. The average molecular weight is 234 g/mol. The minimum atomic E-state index is 0.0244. The minimum Gasteiger partial charge on any atom is -0.349 e. The molecule has 0 N–H and O–H groups in total. The van der Waals surface area contributed by atoms with Gasteiger partial charge in [0.25, 0.3) is 0 Å². The molecule has 1 heterocycles. The monoisotopic (exact) mass is 233 g/mol. The Kier molecular flexibility index (Phi) is 3.72. The zero-order valence-corrected chi connectivity index (χ0v) is 10.6. The van der Waals surface area contributed by atoms with Gasteiger partial charge in [0.1, 0.15) is 5.82 Å². The first-order valence-electron chi connectivity index (χ1n) is 4.56. The van der Waals surface area contributed by atoms with Crippen molar-refractivity contribution in [1.82, 2.24) is 9.36 Å². The van der Waals surface area contributed by atoms with E-state index in [0.717, 1.165) is 17.5 Å². The van der Waals surface area contributed by atoms with Gasteiger partial charge in [-0.2, -0.15) is 4.37 Å². The Morgan fingerprint density at radius 2 is 2.07 bits per heavy atom. The van der Waals surface area contributed by atoms with Crippen LogP contribution in [-0.2, 0) is 5.41 Å². The zero-order valence-electron chi connectivity index (χ0n) is 9.04. The standard InChI is InChI=1S/C9H16ClN3S/c1-9(2,3)7-11-8(14-12-7)13(4)6-5-10/h5-6H2,1-4H3. The van der Waals surface area contributed by atoms with Crippen molar-refractivity contribution in [3.63, 3.8) is 0 Å². The molecule has 0 unspecified atom stereocenters. The number of halogens is 1. The van der Waals surface area contributed by atoms with Crippen LogP contribution in [0.25, 0.3) is 0 Å². The van der Waals surface area contributed by atoms with Gasteiger partial charge >= 0.3 is 0 Å². The molecule has 0 aliphatic carbocycles. The summed E-state index contributed by atoms with van der Waals surface area (Å²) in [4.78, 5) is 6.50. The van der Waals surface area contributed by atoms with Gasteiger partial charge in [0.15, 0.2) is 0 Å². The van der Waals surface area contributed by atoms with Crippen LogP contribution in [0.2, 0.25) is 0 Å². The van der Waals surface area contributed by atoms with Crippen molar-refractivity contribution in [2.75, 3.05) is 24.4 Å². The van der Waals surface area contributed by atoms with Crippen molar-refractivity contribution >= 4 is 28.3 Å². The molecule has 1 aromatic rings. The molecule has 0 radical (unpaired) electrons. The van der Waals surface area contributed by atoms with Crippen molar-refractivity contribution in [1.29, 1.82) is 0 Å². The van der Waals surface area contributed by atoms with E-state index in [-0.39, 0.29) is 5.41 Å². The predicted molar refractivity (Wildman–Crippen MR) is 62.6 cm³/mol. The summed E-state index contributed by atoms with van der Waals surface area (Å²) in [6.07, 6.45) is 0. The molecule has 14 heavy (non-hydrogen) atoms. The second-order valence-corrected chi connectivity index (χ2v) is 5.37. The van der Waals surface area contributed by atoms with Crippen molar-refractivity contribution < 1.29 is 0 Å². The molecule has 0 aromatic carbocycles. The molecule has 0 aliphatic heterocycles. The van der Waals surface area contributed by atoms with Gasteiger partial charge in [-0.1, -0.05) is 20.8 Å². The minimum absolute atomic E-state index is 0.0244. The van der Waals surface area contributed by atoms with Gasteiger partial charge in [0, 0.05) is 36.4 Å². The largest absolute Gasteiger partial charge is 0.349 e. The number of alkyl halides is 1. The van der Waals surface area contributed by atoms with Gasteiger partial charge in [-0.25, -0.2) is 4.98 Å². The molecular formula is C9H16ClN3S. The molecule has 0 spiro atoms. The fourth-order valence-corrected chi connectivity index (χ4v) is 1.99. The van der Waals surface area contributed by atoms with E-state index in [1.165, 1.54) is 11.5 Å². The Morgan fingerprint density at radius 3 is 2.50 bits per heavy atom. The van der Waals surface area contributed by atoms with Crippen LogP contribution in [0.3, 0.4) is 0 Å². The molecule has 0 fully saturated rings. The van der Waals surface area contributed by atoms with E-state index in [1.54, 1.807) is 0 Å². The lowest BCUT2D eigenvalue weighted by Gasteiger charge is -2.14. The van der Waals surface area contributed by atoms with Gasteiger partial charge in [-0.3, -0.25) is 0 Å². The van der Waals surface area contributed by atoms with Gasteiger partial charge in [0.05, 0.1) is 0 Å². The fourth-order valence-electron chi connectivity index (χ4n) is 0.898. The van der Waals surface area contributed by atoms with E-state index in [0.29, 0.717) is 5.88 Å². The van der Waals surface area contributed by atoms with E-state index in [2.05, 4.69) is 30.1 Å². The SMILES string of the molecule is CN(CCCl)c1nc(C(C)(C)C)ns1. The molecule has 0 atom stereocenters. The molecule has 1 rings (SSSR count). The molecule has 5 heteroatoms. The number of rotatable bonds is 3. The Hall–Kier alpha value is -0.350. The van der Waals surface area contributed by atoms with E-state index in [9.17, 15) is 0 Å². The summed E-state index contributed by atoms with van der Waals surface area (Å²) in [5.41, 5.74) is 0.0244. The summed E-state index contributed by atoms with van der Waals surface area (Å²) in [6.45, 7) is 7.14. The van der Waals surface area contributed by atoms with E-state index < -0.39 is 0 Å². The molecule has 0 bridgehead atoms. The van der Waals surface area contributed by atoms with Crippen LogP contribution in [0.1, 0.15) is 26.6 Å². The molecule has 0 saturated heterocycles. The molecule has 0 amide bonds. The lowest BCUT2D eigenvalue weighted by atomic mass is 9.96. The lowest BCUT2D eigenvalue weighted by molar-refractivity contribution is 0.554. The molecule has 0 saturated carbocycles. The molecule has 3 nitrogen and oxygen atoms in total. The van der Waals surface area contributed by atoms with Crippen molar-refractivity contribution in [2.45, 2.75) is 26.2 Å². The maximum atomic E-state index is 5.66. The number of anilines is 1. The first-order valence-corrected chi connectivity index (χ1v) is 5.87. The number of aromatic nitrogens is 2. The molecule has 0 aliphatic rings. The van der Waals surface area contributed by atoms with E-state index in [4.69, 9.17) is 11.6 Å². The highest BCUT2D eigenvalue weighted by atomic mass is 35.5. The van der Waals surface area contributed by atoms with E-state index in [1.807, 2.05) is 11.9 Å². The van der Waals surface area contributed by atoms with Crippen molar-refractivity contribution in [3.05, 3.63) is 5.82 Å². The lowest BCUT2D eigenvalue weighted by Crippen LogP contribution is -2.20. The first-order chi connectivity index (χ1) is 6.45. The van der Waals surface area contributed by atoms with Gasteiger partial charge in [-0.05, 0) is 0 Å². The van der Waals surface area contributed by atoms with Crippen LogP contribution >= 0.6 is 23.1 Å². The third-order valence-electron chi connectivity index (χ3n) is 1.83. The number of hydrogen-bond acceptors (Lipinski definition) is 4. The maximum absolute atomic E-state index is 5.66. The normalized spacial score (nSPS) is 11.8. The second kappa shape index (κ2) is 4.45. The smallest absolute Gasteiger partial charge is 0.204 e. The summed E-state index contributed by atoms with van der Waals surface area (Å²) in [5, 5.41) is 0.940. The molecular weight excluding hydrogens is 218 g/mol. The van der Waals surface area contributed by atoms with Gasteiger partial charge in [0.2, 0.25) is 5.13 Å². The highest BCUT2D eigenvalue weighted by molar-refractivity contribution is 7.09. The fraction of sp³-hybridized carbons (Fsp3) is 0.778. The van der Waals surface area contributed by atoms with Crippen molar-refractivity contribution in [2.24, 2.45) is 0 Å². The Bertz CT molecular complexity index is 292. The van der Waals surface area contributed by atoms with Crippen LogP contribution in [0, 0.1) is 0 Å². The van der Waals surface area contributed by atoms with Crippen LogP contribution in [-0.4, -0.2) is 28.8 Å². The number of nitrogens with zero attached hydrogens (tertiary/aromatic N) is 3. The zero-order chi connectivity index (χ0) is 10.8. The third kappa shape index (κ3) is 2.82. The highest BCUT2D eigenvalue weighted by Crippen LogP contribution is 2.24. The average Bonchev–Trinajstić information content (AvgIpc) is 2.51. The maximum Gasteiger partial charge on any atom is 0.204 e. The quantitative estimate of drug-likeness (QED) is 0.752. The van der Waals surface area contributed by atoms with Crippen LogP contribution in [0.5, 0.6) is 0 Å². The van der Waals surface area contributed by atoms with Crippen LogP contribution < -0.4 is 4.90 Å². The first kappa shape index (κ1) is 11.7. The molecule has 1 aromatic heterocycles. The Labute approximate surface area is 94.3 Å². The topological polar surface area (TPSA) is 29.0 Å². The summed E-state index contributed by atoms with van der Waals surface area (Å²) < 4.78 is 4.34. The highest BCUT2D eigenvalue weighted by Gasteiger charge is 2.20. The van der Waals surface area contributed by atoms with Crippen LogP contribution in [0.15, 0.2) is 0 Å². The summed E-state index contributed by atoms with van der Waals surface area (Å²) in [7, 11) is 1.98. The van der Waals surface area contributed by atoms with Gasteiger partial charge in [-0.15, -0.1) is 11.6 Å². The summed E-state index contributed by atoms with van der Waals surface area (Å²) >= 11 is 7.09. The Balaban J connectivity index is 2.78. The predicted octanol–water partition coefficient (Wildman–Crippen LogP) is 2.51. The summed E-state index contributed by atoms with van der Waals surface area (Å²) in [6, 6.07) is 0.